The molecule has 0 aliphatic rings. The van der Waals surface area contributed by atoms with E-state index < -0.39 is 0 Å². The second-order valence-electron chi connectivity index (χ2n) is 3.52. The Labute approximate surface area is 77.6 Å². The minimum Gasteiger partial charge on any atom is -0.441 e. The lowest BCUT2D eigenvalue weighted by molar-refractivity contribution is 0.561. The fourth-order valence-corrected chi connectivity index (χ4v) is 1.59. The van der Waals surface area contributed by atoms with Crippen LogP contribution in [0, 0.1) is 27.7 Å². The monoisotopic (exact) mass is 175 g/mol. The number of fused-ring (bicyclic) bond motifs is 1. The van der Waals surface area contributed by atoms with Crippen molar-refractivity contribution in [3.05, 3.63) is 28.6 Å². The molecule has 2 aromatic rings. The first-order valence-corrected chi connectivity index (χ1v) is 4.43. The summed E-state index contributed by atoms with van der Waals surface area (Å²) in [6.07, 6.45) is 0. The Balaban J connectivity index is 2.92. The maximum atomic E-state index is 5.47. The summed E-state index contributed by atoms with van der Waals surface area (Å²) in [5.74, 6) is 0.739. The molecule has 0 radical (unpaired) electrons. The maximum absolute atomic E-state index is 5.47. The van der Waals surface area contributed by atoms with Gasteiger partial charge in [0, 0.05) is 6.92 Å². The third kappa shape index (κ3) is 1.13. The molecular weight excluding hydrogens is 162 g/mol. The van der Waals surface area contributed by atoms with E-state index in [4.69, 9.17) is 4.42 Å². The molecule has 0 saturated heterocycles. The molecule has 1 aromatic carbocycles. The molecule has 0 saturated carbocycles. The number of hydrogen-bond acceptors (Lipinski definition) is 2. The van der Waals surface area contributed by atoms with Gasteiger partial charge in [-0.25, -0.2) is 4.98 Å². The predicted molar refractivity (Wildman–Crippen MR) is 53.0 cm³/mol. The van der Waals surface area contributed by atoms with Crippen LogP contribution in [0.1, 0.15) is 22.6 Å². The van der Waals surface area contributed by atoms with E-state index in [2.05, 4.69) is 31.8 Å². The molecular formula is C11H13NO. The number of benzene rings is 1. The van der Waals surface area contributed by atoms with Crippen LogP contribution >= 0.6 is 0 Å². The summed E-state index contributed by atoms with van der Waals surface area (Å²) in [6, 6.07) is 2.05. The second kappa shape index (κ2) is 2.59. The van der Waals surface area contributed by atoms with Gasteiger partial charge in [0.05, 0.1) is 0 Å². The number of aryl methyl sites for hydroxylation is 3. The Hall–Kier alpha value is -1.31. The largest absolute Gasteiger partial charge is 0.441 e. The summed E-state index contributed by atoms with van der Waals surface area (Å²) in [4.78, 5) is 4.35. The van der Waals surface area contributed by atoms with E-state index >= 15 is 0 Å². The lowest BCUT2D eigenvalue weighted by Gasteiger charge is -2.03. The van der Waals surface area contributed by atoms with E-state index in [0.717, 1.165) is 17.0 Å². The van der Waals surface area contributed by atoms with Crippen molar-refractivity contribution in [2.75, 3.05) is 0 Å². The molecule has 2 nitrogen and oxygen atoms in total. The van der Waals surface area contributed by atoms with Crippen LogP contribution in [0.2, 0.25) is 0 Å². The minimum absolute atomic E-state index is 0.739. The first-order valence-electron chi connectivity index (χ1n) is 4.43. The van der Waals surface area contributed by atoms with E-state index in [9.17, 15) is 0 Å². The zero-order valence-corrected chi connectivity index (χ0v) is 8.43. The predicted octanol–water partition coefficient (Wildman–Crippen LogP) is 3.06. The zero-order valence-electron chi connectivity index (χ0n) is 8.43. The number of nitrogens with zero attached hydrogens (tertiary/aromatic N) is 1. The third-order valence-electron chi connectivity index (χ3n) is 2.62. The number of hydrogen-bond donors (Lipinski definition) is 0. The molecule has 0 fully saturated rings. The molecule has 68 valence electrons. The van der Waals surface area contributed by atoms with Gasteiger partial charge in [0.15, 0.2) is 11.5 Å². The van der Waals surface area contributed by atoms with Crippen LogP contribution in [0.4, 0.5) is 0 Å². The van der Waals surface area contributed by atoms with Crippen LogP contribution in [0.25, 0.3) is 11.1 Å². The Bertz CT molecular complexity index is 468. The van der Waals surface area contributed by atoms with E-state index in [1.807, 2.05) is 6.92 Å². The van der Waals surface area contributed by atoms with Crippen molar-refractivity contribution < 1.29 is 4.42 Å². The van der Waals surface area contributed by atoms with Gasteiger partial charge in [-0.15, -0.1) is 0 Å². The molecule has 0 aliphatic carbocycles. The topological polar surface area (TPSA) is 26.0 Å². The van der Waals surface area contributed by atoms with Crippen molar-refractivity contribution in [2.24, 2.45) is 0 Å². The fourth-order valence-electron chi connectivity index (χ4n) is 1.59. The van der Waals surface area contributed by atoms with Crippen molar-refractivity contribution in [1.82, 2.24) is 4.98 Å². The fraction of sp³-hybridized carbons (Fsp3) is 0.364. The van der Waals surface area contributed by atoms with E-state index in [0.29, 0.717) is 0 Å². The van der Waals surface area contributed by atoms with Crippen LogP contribution in [-0.2, 0) is 0 Å². The van der Waals surface area contributed by atoms with E-state index in [1.165, 1.54) is 16.7 Å². The molecule has 0 aliphatic heterocycles. The van der Waals surface area contributed by atoms with E-state index in [1.54, 1.807) is 0 Å². The van der Waals surface area contributed by atoms with Crippen molar-refractivity contribution in [3.8, 4) is 0 Å². The molecule has 1 heterocycles. The summed E-state index contributed by atoms with van der Waals surface area (Å²) in [7, 11) is 0. The van der Waals surface area contributed by atoms with Crippen molar-refractivity contribution in [1.29, 1.82) is 0 Å². The van der Waals surface area contributed by atoms with Gasteiger partial charge in [-0.3, -0.25) is 0 Å². The average Bonchev–Trinajstić information content (AvgIpc) is 2.42. The Morgan fingerprint density at radius 3 is 2.46 bits per heavy atom. The molecule has 0 atom stereocenters. The van der Waals surface area contributed by atoms with Gasteiger partial charge >= 0.3 is 0 Å². The van der Waals surface area contributed by atoms with Crippen molar-refractivity contribution in [3.63, 3.8) is 0 Å². The lowest BCUT2D eigenvalue weighted by Crippen LogP contribution is -1.87. The first kappa shape index (κ1) is 8.30. The summed E-state index contributed by atoms with van der Waals surface area (Å²) in [6.45, 7) is 8.18. The number of rotatable bonds is 0. The molecule has 2 heteroatoms. The highest BCUT2D eigenvalue weighted by Crippen LogP contribution is 2.24. The zero-order chi connectivity index (χ0) is 9.59. The van der Waals surface area contributed by atoms with E-state index in [-0.39, 0.29) is 0 Å². The summed E-state index contributed by atoms with van der Waals surface area (Å²) in [5, 5.41) is 0. The highest BCUT2D eigenvalue weighted by atomic mass is 16.3. The Morgan fingerprint density at radius 1 is 1.08 bits per heavy atom. The second-order valence-corrected chi connectivity index (χ2v) is 3.52. The van der Waals surface area contributed by atoms with Gasteiger partial charge in [-0.2, -0.15) is 0 Å². The normalized spacial score (nSPS) is 11.1. The molecule has 0 amide bonds. The smallest absolute Gasteiger partial charge is 0.192 e. The van der Waals surface area contributed by atoms with Gasteiger partial charge in [-0.05, 0) is 43.5 Å². The molecule has 0 N–H and O–H groups in total. The quantitative estimate of drug-likeness (QED) is 0.615. The Morgan fingerprint density at radius 2 is 1.77 bits per heavy atom. The van der Waals surface area contributed by atoms with Gasteiger partial charge in [0.2, 0.25) is 0 Å². The van der Waals surface area contributed by atoms with Crippen molar-refractivity contribution in [2.45, 2.75) is 27.7 Å². The Kier molecular flexibility index (Phi) is 1.65. The van der Waals surface area contributed by atoms with Crippen molar-refractivity contribution >= 4 is 11.1 Å². The molecule has 0 spiro atoms. The summed E-state index contributed by atoms with van der Waals surface area (Å²) in [5.41, 5.74) is 5.70. The first-order chi connectivity index (χ1) is 6.09. The van der Waals surface area contributed by atoms with Gasteiger partial charge < -0.3 is 4.42 Å². The highest BCUT2D eigenvalue weighted by Gasteiger charge is 2.08. The number of oxazole rings is 1. The molecule has 2 rings (SSSR count). The van der Waals surface area contributed by atoms with Crippen LogP contribution in [-0.4, -0.2) is 4.98 Å². The molecule has 1 aromatic heterocycles. The highest BCUT2D eigenvalue weighted by molar-refractivity contribution is 5.79. The molecule has 13 heavy (non-hydrogen) atoms. The summed E-state index contributed by atoms with van der Waals surface area (Å²) >= 11 is 0. The standard InChI is InChI=1S/C11H13NO/c1-6-5-10-11(8(3)7(6)2)12-9(4)13-10/h5H,1-4H3. The van der Waals surface area contributed by atoms with Crippen LogP contribution < -0.4 is 0 Å². The average molecular weight is 175 g/mol. The minimum atomic E-state index is 0.739. The lowest BCUT2D eigenvalue weighted by atomic mass is 10.0. The van der Waals surface area contributed by atoms with Crippen LogP contribution in [0.5, 0.6) is 0 Å². The SMILES string of the molecule is Cc1nc2c(C)c(C)c(C)cc2o1. The van der Waals surface area contributed by atoms with Gasteiger partial charge in [-0.1, -0.05) is 0 Å². The third-order valence-corrected chi connectivity index (χ3v) is 2.62. The maximum Gasteiger partial charge on any atom is 0.192 e. The van der Waals surface area contributed by atoms with Crippen LogP contribution in [0.3, 0.4) is 0 Å². The van der Waals surface area contributed by atoms with Crippen LogP contribution in [0.15, 0.2) is 10.5 Å². The van der Waals surface area contributed by atoms with Gasteiger partial charge in [0.1, 0.15) is 5.52 Å². The molecule has 0 bridgehead atoms. The molecule has 0 unspecified atom stereocenters. The number of aromatic nitrogens is 1. The van der Waals surface area contributed by atoms with Gasteiger partial charge in [0.25, 0.3) is 0 Å². The summed E-state index contributed by atoms with van der Waals surface area (Å²) < 4.78 is 5.47.